The lowest BCUT2D eigenvalue weighted by molar-refractivity contribution is -0.143. The van der Waals surface area contributed by atoms with Gasteiger partial charge in [-0.15, -0.1) is 11.3 Å². The number of ether oxygens (including phenoxy) is 1. The second kappa shape index (κ2) is 7.07. The molecular formula is C15H24N2O2S. The van der Waals surface area contributed by atoms with E-state index in [1.165, 1.54) is 12.8 Å². The van der Waals surface area contributed by atoms with Crippen molar-refractivity contribution in [3.63, 3.8) is 0 Å². The van der Waals surface area contributed by atoms with Crippen LogP contribution in [0.4, 0.5) is 5.13 Å². The molecule has 2 atom stereocenters. The van der Waals surface area contributed by atoms with Crippen LogP contribution in [0.2, 0.25) is 0 Å². The van der Waals surface area contributed by atoms with E-state index in [9.17, 15) is 4.79 Å². The number of hydrogen-bond donors (Lipinski definition) is 0. The Hall–Kier alpha value is -1.10. The van der Waals surface area contributed by atoms with E-state index in [1.807, 2.05) is 6.92 Å². The molecule has 112 valence electrons. The Morgan fingerprint density at radius 1 is 1.55 bits per heavy atom. The molecule has 1 aromatic rings. The van der Waals surface area contributed by atoms with Gasteiger partial charge >= 0.3 is 5.97 Å². The Kier molecular flexibility index (Phi) is 5.40. The van der Waals surface area contributed by atoms with Gasteiger partial charge in [0.15, 0.2) is 5.13 Å². The molecule has 0 aromatic carbocycles. The van der Waals surface area contributed by atoms with Crippen molar-refractivity contribution in [2.45, 2.75) is 52.5 Å². The zero-order chi connectivity index (χ0) is 14.5. The molecule has 0 radical (unpaired) electrons. The van der Waals surface area contributed by atoms with Gasteiger partial charge in [0.05, 0.1) is 18.7 Å². The molecule has 20 heavy (non-hydrogen) atoms. The van der Waals surface area contributed by atoms with Crippen LogP contribution in [0.25, 0.3) is 0 Å². The lowest BCUT2D eigenvalue weighted by Gasteiger charge is -2.37. The Labute approximate surface area is 125 Å². The summed E-state index contributed by atoms with van der Waals surface area (Å²) in [4.78, 5) is 18.5. The van der Waals surface area contributed by atoms with E-state index in [4.69, 9.17) is 4.74 Å². The van der Waals surface area contributed by atoms with Crippen LogP contribution in [-0.4, -0.2) is 30.1 Å². The number of esters is 1. The summed E-state index contributed by atoms with van der Waals surface area (Å²) < 4.78 is 4.94. The third-order valence-corrected chi connectivity index (χ3v) is 4.98. The van der Waals surface area contributed by atoms with Crippen molar-refractivity contribution in [3.8, 4) is 0 Å². The minimum Gasteiger partial charge on any atom is -0.466 e. The third-order valence-electron chi connectivity index (χ3n) is 4.05. The maximum atomic E-state index is 11.4. The van der Waals surface area contributed by atoms with Crippen LogP contribution >= 0.6 is 11.3 Å². The van der Waals surface area contributed by atoms with Gasteiger partial charge in [-0.3, -0.25) is 4.79 Å². The average Bonchev–Trinajstić information content (AvgIpc) is 2.89. The van der Waals surface area contributed by atoms with Crippen LogP contribution < -0.4 is 4.90 Å². The van der Waals surface area contributed by atoms with Crippen molar-refractivity contribution in [3.05, 3.63) is 11.1 Å². The number of rotatable bonds is 5. The highest BCUT2D eigenvalue weighted by molar-refractivity contribution is 7.13. The zero-order valence-electron chi connectivity index (χ0n) is 12.6. The van der Waals surface area contributed by atoms with Crippen LogP contribution in [-0.2, 0) is 16.0 Å². The predicted molar refractivity (Wildman–Crippen MR) is 82.3 cm³/mol. The highest BCUT2D eigenvalue weighted by Gasteiger charge is 2.26. The lowest BCUT2D eigenvalue weighted by atomic mass is 9.93. The number of nitrogens with zero attached hydrogens (tertiary/aromatic N) is 2. The van der Waals surface area contributed by atoms with E-state index in [-0.39, 0.29) is 5.97 Å². The molecule has 2 heterocycles. The Bertz CT molecular complexity index is 447. The summed E-state index contributed by atoms with van der Waals surface area (Å²) in [6, 6.07) is 0.549. The number of hydrogen-bond acceptors (Lipinski definition) is 5. The van der Waals surface area contributed by atoms with E-state index >= 15 is 0 Å². The highest BCUT2D eigenvalue weighted by atomic mass is 32.1. The van der Waals surface area contributed by atoms with Crippen molar-refractivity contribution < 1.29 is 9.53 Å². The molecule has 1 aliphatic rings. The van der Waals surface area contributed by atoms with Gasteiger partial charge in [-0.25, -0.2) is 4.98 Å². The van der Waals surface area contributed by atoms with Gasteiger partial charge in [0.1, 0.15) is 0 Å². The number of piperidine rings is 1. The van der Waals surface area contributed by atoms with E-state index in [1.54, 1.807) is 11.3 Å². The first-order valence-corrected chi connectivity index (χ1v) is 8.36. The van der Waals surface area contributed by atoms with E-state index < -0.39 is 0 Å². The van der Waals surface area contributed by atoms with Crippen LogP contribution in [0.5, 0.6) is 0 Å². The van der Waals surface area contributed by atoms with E-state index in [2.05, 4.69) is 29.1 Å². The number of anilines is 1. The van der Waals surface area contributed by atoms with Crippen LogP contribution in [0.15, 0.2) is 5.38 Å². The molecule has 0 amide bonds. The van der Waals surface area contributed by atoms with Crippen LogP contribution in [0.1, 0.15) is 45.7 Å². The summed E-state index contributed by atoms with van der Waals surface area (Å²) in [6.07, 6.45) is 3.64. The summed E-state index contributed by atoms with van der Waals surface area (Å²) >= 11 is 1.69. The first-order chi connectivity index (χ1) is 9.61. The SMILES string of the molecule is CCOC(=O)CCc1csc(N2CCCC(C)C2C)n1. The highest BCUT2D eigenvalue weighted by Crippen LogP contribution is 2.30. The minimum atomic E-state index is -0.137. The molecular weight excluding hydrogens is 272 g/mol. The van der Waals surface area contributed by atoms with Crippen molar-refractivity contribution >= 4 is 22.4 Å². The molecule has 0 N–H and O–H groups in total. The number of aryl methyl sites for hydroxylation is 1. The van der Waals surface area contributed by atoms with Gasteiger partial charge in [-0.2, -0.15) is 0 Å². The first kappa shape index (κ1) is 15.3. The summed E-state index contributed by atoms with van der Waals surface area (Å²) in [5, 5.41) is 3.17. The normalized spacial score (nSPS) is 22.9. The molecule has 2 rings (SSSR count). The van der Waals surface area contributed by atoms with E-state index in [0.717, 1.165) is 23.3 Å². The fourth-order valence-corrected chi connectivity index (χ4v) is 3.59. The van der Waals surface area contributed by atoms with Gasteiger partial charge in [0.2, 0.25) is 0 Å². The molecule has 0 aliphatic carbocycles. The summed E-state index contributed by atoms with van der Waals surface area (Å²) in [5.74, 6) is 0.581. The van der Waals surface area contributed by atoms with Crippen molar-refractivity contribution in [2.24, 2.45) is 5.92 Å². The van der Waals surface area contributed by atoms with Gasteiger partial charge in [-0.1, -0.05) is 6.92 Å². The standard InChI is InChI=1S/C15H24N2O2S/c1-4-19-14(18)8-7-13-10-20-15(16-13)17-9-5-6-11(2)12(17)3/h10-12H,4-9H2,1-3H3. The number of aromatic nitrogens is 1. The number of carbonyl (C=O) groups excluding carboxylic acids is 1. The molecule has 0 bridgehead atoms. The quantitative estimate of drug-likeness (QED) is 0.782. The smallest absolute Gasteiger partial charge is 0.306 e. The average molecular weight is 296 g/mol. The van der Waals surface area contributed by atoms with Gasteiger partial charge < -0.3 is 9.64 Å². The second-order valence-corrected chi connectivity index (χ2v) is 6.32. The van der Waals surface area contributed by atoms with Gasteiger partial charge in [0.25, 0.3) is 0 Å². The zero-order valence-corrected chi connectivity index (χ0v) is 13.4. The number of carbonyl (C=O) groups is 1. The summed E-state index contributed by atoms with van der Waals surface area (Å²) in [5.41, 5.74) is 1.00. The molecule has 5 heteroatoms. The Morgan fingerprint density at radius 3 is 3.10 bits per heavy atom. The minimum absolute atomic E-state index is 0.137. The van der Waals surface area contributed by atoms with Crippen molar-refractivity contribution in [2.75, 3.05) is 18.1 Å². The van der Waals surface area contributed by atoms with Crippen molar-refractivity contribution in [1.29, 1.82) is 0 Å². The maximum Gasteiger partial charge on any atom is 0.306 e. The maximum absolute atomic E-state index is 11.4. The van der Waals surface area contributed by atoms with Crippen molar-refractivity contribution in [1.82, 2.24) is 4.98 Å². The third kappa shape index (κ3) is 3.72. The summed E-state index contributed by atoms with van der Waals surface area (Å²) in [7, 11) is 0. The fraction of sp³-hybridized carbons (Fsp3) is 0.733. The molecule has 0 saturated carbocycles. The molecule has 1 aliphatic heterocycles. The lowest BCUT2D eigenvalue weighted by Crippen LogP contribution is -2.42. The predicted octanol–water partition coefficient (Wildman–Crippen LogP) is 3.26. The Balaban J connectivity index is 1.93. The monoisotopic (exact) mass is 296 g/mol. The molecule has 1 fully saturated rings. The first-order valence-electron chi connectivity index (χ1n) is 7.48. The number of thiazole rings is 1. The van der Waals surface area contributed by atoms with E-state index in [0.29, 0.717) is 25.5 Å². The molecule has 0 spiro atoms. The van der Waals surface area contributed by atoms with Crippen LogP contribution in [0.3, 0.4) is 0 Å². The van der Waals surface area contributed by atoms with Gasteiger partial charge in [-0.05, 0) is 32.6 Å². The molecule has 4 nitrogen and oxygen atoms in total. The molecule has 1 saturated heterocycles. The van der Waals surface area contributed by atoms with Gasteiger partial charge in [0, 0.05) is 24.4 Å². The Morgan fingerprint density at radius 2 is 2.35 bits per heavy atom. The fourth-order valence-electron chi connectivity index (χ4n) is 2.61. The summed E-state index contributed by atoms with van der Waals surface area (Å²) in [6.45, 7) is 7.97. The largest absolute Gasteiger partial charge is 0.466 e. The molecule has 2 unspecified atom stereocenters. The second-order valence-electron chi connectivity index (χ2n) is 5.48. The molecule has 1 aromatic heterocycles. The van der Waals surface area contributed by atoms with Crippen LogP contribution in [0, 0.1) is 5.92 Å². The topological polar surface area (TPSA) is 42.4 Å².